The van der Waals surface area contributed by atoms with Crippen molar-refractivity contribution < 1.29 is 0 Å². The molecule has 2 rings (SSSR count). The molecule has 0 amide bonds. The lowest BCUT2D eigenvalue weighted by atomic mass is 10.1. The molecule has 2 aliphatic rings. The van der Waals surface area contributed by atoms with Crippen molar-refractivity contribution in [1.82, 2.24) is 15.3 Å². The predicted octanol–water partition coefficient (Wildman–Crippen LogP) is 2.07. The minimum Gasteiger partial charge on any atom is -0.284 e. The number of hydrogen-bond acceptors (Lipinski definition) is 3. The molecule has 1 N–H and O–H groups in total. The van der Waals surface area contributed by atoms with Crippen LogP contribution in [0.15, 0.2) is 0 Å². The Bertz CT molecular complexity index is 217. The molecule has 2 saturated heterocycles. The average Bonchev–Trinajstić information content (AvgIpc) is 2.70. The quantitative estimate of drug-likeness (QED) is 0.721. The lowest BCUT2D eigenvalue weighted by Gasteiger charge is -2.25. The van der Waals surface area contributed by atoms with Gasteiger partial charge in [-0.1, -0.05) is 41.5 Å². The van der Waals surface area contributed by atoms with Crippen molar-refractivity contribution in [3.05, 3.63) is 0 Å². The number of fused-ring (bicyclic) bond motifs is 1. The van der Waals surface area contributed by atoms with Gasteiger partial charge in [0, 0.05) is 0 Å². The molecular weight excluding hydrogens is 186 g/mol. The first-order valence-corrected chi connectivity index (χ1v) is 6.27. The van der Waals surface area contributed by atoms with Crippen LogP contribution in [0.25, 0.3) is 0 Å². The van der Waals surface area contributed by atoms with Crippen molar-refractivity contribution in [1.29, 1.82) is 0 Å². The van der Waals surface area contributed by atoms with Gasteiger partial charge in [0.05, 0.1) is 18.5 Å². The largest absolute Gasteiger partial charge is 0.284 e. The van der Waals surface area contributed by atoms with Crippen LogP contribution in [0, 0.1) is 17.8 Å². The minimum absolute atomic E-state index is 0.546. The lowest BCUT2D eigenvalue weighted by Crippen LogP contribution is -2.46. The Labute approximate surface area is 93.8 Å². The van der Waals surface area contributed by atoms with E-state index in [4.69, 9.17) is 0 Å². The van der Waals surface area contributed by atoms with Crippen molar-refractivity contribution in [3.8, 4) is 0 Å². The molecule has 0 aromatic heterocycles. The second-order valence-corrected chi connectivity index (χ2v) is 5.96. The fraction of sp³-hybridized carbons (Fsp3) is 1.00. The van der Waals surface area contributed by atoms with E-state index in [-0.39, 0.29) is 0 Å². The van der Waals surface area contributed by atoms with Gasteiger partial charge in [0.15, 0.2) is 0 Å². The third-order valence-electron chi connectivity index (χ3n) is 3.53. The van der Waals surface area contributed by atoms with E-state index in [1.165, 1.54) is 0 Å². The van der Waals surface area contributed by atoms with Gasteiger partial charge in [-0.2, -0.15) is 0 Å². The molecule has 0 aromatic carbocycles. The van der Waals surface area contributed by atoms with Crippen molar-refractivity contribution >= 4 is 0 Å². The van der Waals surface area contributed by atoms with Gasteiger partial charge in [0.2, 0.25) is 0 Å². The zero-order valence-electron chi connectivity index (χ0n) is 10.9. The Balaban J connectivity index is 2.10. The van der Waals surface area contributed by atoms with E-state index in [1.54, 1.807) is 0 Å². The molecule has 3 nitrogen and oxygen atoms in total. The maximum atomic E-state index is 3.73. The van der Waals surface area contributed by atoms with Crippen molar-refractivity contribution in [3.63, 3.8) is 0 Å². The van der Waals surface area contributed by atoms with Gasteiger partial charge < -0.3 is 0 Å². The smallest absolute Gasteiger partial charge is 0.0954 e. The normalized spacial score (nSPS) is 44.2. The van der Waals surface area contributed by atoms with E-state index >= 15 is 0 Å². The summed E-state index contributed by atoms with van der Waals surface area (Å²) in [7, 11) is 0. The fourth-order valence-electron chi connectivity index (χ4n) is 2.76. The molecule has 2 fully saturated rings. The van der Waals surface area contributed by atoms with Crippen LogP contribution in [0.1, 0.15) is 41.5 Å². The van der Waals surface area contributed by atoms with E-state index in [1.807, 2.05) is 0 Å². The first-order chi connectivity index (χ1) is 6.95. The van der Waals surface area contributed by atoms with E-state index in [0.29, 0.717) is 30.3 Å². The third kappa shape index (κ3) is 1.71. The summed E-state index contributed by atoms with van der Waals surface area (Å²) in [6.07, 6.45) is 1.76. The number of nitrogens with zero attached hydrogens (tertiary/aromatic N) is 2. The molecule has 4 atom stereocenters. The predicted molar refractivity (Wildman–Crippen MR) is 62.7 cm³/mol. The summed E-state index contributed by atoms with van der Waals surface area (Å²) in [5, 5.41) is 8.81. The van der Waals surface area contributed by atoms with E-state index in [2.05, 4.69) is 56.9 Å². The Hall–Kier alpha value is -0.120. The monoisotopic (exact) mass is 211 g/mol. The molecule has 15 heavy (non-hydrogen) atoms. The van der Waals surface area contributed by atoms with E-state index in [9.17, 15) is 0 Å². The van der Waals surface area contributed by atoms with Gasteiger partial charge in [-0.15, -0.1) is 0 Å². The van der Waals surface area contributed by atoms with Crippen LogP contribution < -0.4 is 5.32 Å². The van der Waals surface area contributed by atoms with E-state index in [0.717, 1.165) is 5.92 Å². The Morgan fingerprint density at radius 3 is 1.40 bits per heavy atom. The standard InChI is InChI=1S/C12H25N3/c1-7(2)10-13-11(8(3)4)15-12(9(5)6)14(10)15/h7-13H,1-6H3. The first kappa shape index (κ1) is 11.4. The topological polar surface area (TPSA) is 18.0 Å². The van der Waals surface area contributed by atoms with Crippen LogP contribution in [-0.2, 0) is 0 Å². The zero-order valence-corrected chi connectivity index (χ0v) is 10.9. The van der Waals surface area contributed by atoms with Gasteiger partial charge in [-0.3, -0.25) is 5.32 Å². The lowest BCUT2D eigenvalue weighted by molar-refractivity contribution is 0.241. The summed E-state index contributed by atoms with van der Waals surface area (Å²) in [6, 6.07) is 0. The summed E-state index contributed by atoms with van der Waals surface area (Å²) < 4.78 is 0. The van der Waals surface area contributed by atoms with Gasteiger partial charge in [0.25, 0.3) is 0 Å². The molecule has 2 heterocycles. The molecule has 0 radical (unpaired) electrons. The van der Waals surface area contributed by atoms with Crippen LogP contribution in [0.2, 0.25) is 0 Å². The van der Waals surface area contributed by atoms with Crippen LogP contribution >= 0.6 is 0 Å². The number of hydrazine groups is 1. The molecule has 0 aromatic rings. The van der Waals surface area contributed by atoms with Crippen LogP contribution in [-0.4, -0.2) is 28.5 Å². The molecular formula is C12H25N3. The van der Waals surface area contributed by atoms with Crippen LogP contribution in [0.3, 0.4) is 0 Å². The molecule has 0 spiro atoms. The second kappa shape index (κ2) is 3.72. The average molecular weight is 211 g/mol. The van der Waals surface area contributed by atoms with Gasteiger partial charge in [0.1, 0.15) is 0 Å². The highest BCUT2D eigenvalue weighted by atomic mass is 15.9. The Morgan fingerprint density at radius 2 is 1.13 bits per heavy atom. The summed E-state index contributed by atoms with van der Waals surface area (Å²) in [5.74, 6) is 2.09. The maximum Gasteiger partial charge on any atom is 0.0954 e. The molecule has 88 valence electrons. The Kier molecular flexibility index (Phi) is 2.82. The van der Waals surface area contributed by atoms with Gasteiger partial charge in [-0.25, -0.2) is 10.0 Å². The molecule has 0 bridgehead atoms. The third-order valence-corrected chi connectivity index (χ3v) is 3.53. The second-order valence-electron chi connectivity index (χ2n) is 5.96. The van der Waals surface area contributed by atoms with Crippen LogP contribution in [0.4, 0.5) is 0 Å². The fourth-order valence-corrected chi connectivity index (χ4v) is 2.76. The molecule has 4 unspecified atom stereocenters. The van der Waals surface area contributed by atoms with Gasteiger partial charge >= 0.3 is 0 Å². The SMILES string of the molecule is CC(C)C1NC(C(C)C)N2C(C(C)C)N12. The molecule has 0 saturated carbocycles. The van der Waals surface area contributed by atoms with E-state index < -0.39 is 0 Å². The molecule has 2 aliphatic heterocycles. The summed E-state index contributed by atoms with van der Waals surface area (Å²) in [6.45, 7) is 13.8. The Morgan fingerprint density at radius 1 is 0.733 bits per heavy atom. The zero-order chi connectivity index (χ0) is 11.3. The number of rotatable bonds is 3. The highest BCUT2D eigenvalue weighted by Crippen LogP contribution is 2.44. The maximum absolute atomic E-state index is 3.73. The van der Waals surface area contributed by atoms with Gasteiger partial charge in [-0.05, 0) is 17.8 Å². The van der Waals surface area contributed by atoms with Crippen molar-refractivity contribution in [2.45, 2.75) is 60.0 Å². The molecule has 3 heteroatoms. The molecule has 0 aliphatic carbocycles. The summed E-state index contributed by atoms with van der Waals surface area (Å²) >= 11 is 0. The number of hydrogen-bond donors (Lipinski definition) is 1. The highest BCUT2D eigenvalue weighted by Gasteiger charge is 2.60. The number of nitrogens with one attached hydrogen (secondary N) is 1. The summed E-state index contributed by atoms with van der Waals surface area (Å²) in [5.41, 5.74) is 0. The highest BCUT2D eigenvalue weighted by molar-refractivity contribution is 5.01. The summed E-state index contributed by atoms with van der Waals surface area (Å²) in [4.78, 5) is 0. The van der Waals surface area contributed by atoms with Crippen molar-refractivity contribution in [2.75, 3.05) is 0 Å². The van der Waals surface area contributed by atoms with Crippen molar-refractivity contribution in [2.24, 2.45) is 17.8 Å². The first-order valence-electron chi connectivity index (χ1n) is 6.27. The minimum atomic E-state index is 0.546. The van der Waals surface area contributed by atoms with Crippen LogP contribution in [0.5, 0.6) is 0 Å².